The highest BCUT2D eigenvalue weighted by Gasteiger charge is 1.99. The first-order valence-electron chi connectivity index (χ1n) is 8.79. The molecular weight excluding hydrogens is 250 g/mol. The van der Waals surface area contributed by atoms with Crippen LogP contribution in [-0.4, -0.2) is 35.1 Å². The van der Waals surface area contributed by atoms with Crippen molar-refractivity contribution in [3.8, 4) is 0 Å². The maximum absolute atomic E-state index is 8.88. The molecule has 0 aliphatic rings. The molecule has 0 aromatic heterocycles. The summed E-state index contributed by atoms with van der Waals surface area (Å²) < 4.78 is 0. The van der Waals surface area contributed by atoms with Gasteiger partial charge in [0, 0.05) is 6.54 Å². The third-order valence-corrected chi connectivity index (χ3v) is 3.98. The Balaban J connectivity index is 3.02. The summed E-state index contributed by atoms with van der Waals surface area (Å²) in [5.41, 5.74) is 0. The average molecular weight is 287 g/mol. The molecule has 0 aromatic carbocycles. The van der Waals surface area contributed by atoms with E-state index in [1.165, 1.54) is 77.0 Å². The van der Waals surface area contributed by atoms with Gasteiger partial charge in [0.2, 0.25) is 0 Å². The number of rotatable bonds is 16. The number of nitrogens with zero attached hydrogens (tertiary/aromatic N) is 1. The third-order valence-electron chi connectivity index (χ3n) is 3.98. The van der Waals surface area contributed by atoms with E-state index in [2.05, 4.69) is 6.92 Å². The largest absolute Gasteiger partial charge is 0.381 e. The summed E-state index contributed by atoms with van der Waals surface area (Å²) in [6.07, 6.45) is 17.6. The highest BCUT2D eigenvalue weighted by molar-refractivity contribution is 4.51. The Kier molecular flexibility index (Phi) is 16.8. The Labute approximate surface area is 126 Å². The molecule has 0 rings (SSSR count). The number of hydrogen-bond acceptors (Lipinski definition) is 3. The first-order chi connectivity index (χ1) is 9.85. The first-order valence-corrected chi connectivity index (χ1v) is 8.79. The monoisotopic (exact) mass is 287 g/mol. The quantitative estimate of drug-likeness (QED) is 0.329. The van der Waals surface area contributed by atoms with Crippen LogP contribution < -0.4 is 0 Å². The van der Waals surface area contributed by atoms with Crippen LogP contribution in [0.3, 0.4) is 0 Å². The summed E-state index contributed by atoms with van der Waals surface area (Å²) in [5, 5.41) is 17.8. The fraction of sp³-hybridized carbons (Fsp3) is 1.00. The van der Waals surface area contributed by atoms with Crippen molar-refractivity contribution in [1.29, 1.82) is 0 Å². The highest BCUT2D eigenvalue weighted by atomic mass is 16.3. The van der Waals surface area contributed by atoms with Crippen molar-refractivity contribution < 1.29 is 10.2 Å². The van der Waals surface area contributed by atoms with Crippen molar-refractivity contribution >= 4 is 0 Å². The van der Waals surface area contributed by atoms with Crippen molar-refractivity contribution in [2.75, 3.05) is 20.0 Å². The van der Waals surface area contributed by atoms with Gasteiger partial charge in [-0.25, -0.2) is 0 Å². The molecule has 0 aromatic rings. The Morgan fingerprint density at radius 1 is 0.550 bits per heavy atom. The molecular formula is C17H37NO2. The third kappa shape index (κ3) is 14.3. The molecule has 0 saturated carbocycles. The van der Waals surface area contributed by atoms with E-state index in [-0.39, 0.29) is 13.5 Å². The zero-order valence-electron chi connectivity index (χ0n) is 13.7. The lowest BCUT2D eigenvalue weighted by Gasteiger charge is -2.15. The number of hydrogen-bond donors (Lipinski definition) is 2. The van der Waals surface area contributed by atoms with Crippen molar-refractivity contribution in [1.82, 2.24) is 4.90 Å². The van der Waals surface area contributed by atoms with Crippen LogP contribution in [0.15, 0.2) is 0 Å². The molecule has 20 heavy (non-hydrogen) atoms. The van der Waals surface area contributed by atoms with E-state index >= 15 is 0 Å². The van der Waals surface area contributed by atoms with Crippen LogP contribution >= 0.6 is 0 Å². The van der Waals surface area contributed by atoms with E-state index in [4.69, 9.17) is 10.2 Å². The lowest BCUT2D eigenvalue weighted by Crippen LogP contribution is -2.26. The smallest absolute Gasteiger partial charge is 0.0974 e. The number of aliphatic hydroxyl groups excluding tert-OH is 2. The average Bonchev–Trinajstić information content (AvgIpc) is 2.48. The molecule has 0 radical (unpaired) electrons. The minimum absolute atomic E-state index is 0.0330. The van der Waals surface area contributed by atoms with Crippen molar-refractivity contribution in [2.24, 2.45) is 0 Å². The van der Waals surface area contributed by atoms with Gasteiger partial charge in [-0.05, 0) is 6.42 Å². The second-order valence-electron chi connectivity index (χ2n) is 5.92. The minimum Gasteiger partial charge on any atom is -0.381 e. The molecule has 0 spiro atoms. The topological polar surface area (TPSA) is 43.7 Å². The predicted octanol–water partition coefficient (Wildman–Crippen LogP) is 4.28. The molecule has 0 atom stereocenters. The Morgan fingerprint density at radius 2 is 0.900 bits per heavy atom. The van der Waals surface area contributed by atoms with Gasteiger partial charge in [-0.1, -0.05) is 84.0 Å². The summed E-state index contributed by atoms with van der Waals surface area (Å²) in [5.74, 6) is 0. The molecule has 0 amide bonds. The van der Waals surface area contributed by atoms with E-state index in [9.17, 15) is 0 Å². The normalized spacial score (nSPS) is 11.4. The SMILES string of the molecule is CCCCCCCCCCCCCCCN(CO)CO. The molecule has 0 aliphatic carbocycles. The maximum atomic E-state index is 8.88. The Hall–Kier alpha value is -0.120. The predicted molar refractivity (Wildman–Crippen MR) is 86.6 cm³/mol. The van der Waals surface area contributed by atoms with Crippen LogP contribution in [0, 0.1) is 0 Å². The van der Waals surface area contributed by atoms with Crippen LogP contribution in [0.4, 0.5) is 0 Å². The fourth-order valence-corrected chi connectivity index (χ4v) is 2.54. The molecule has 122 valence electrons. The number of aliphatic hydroxyl groups is 2. The Bertz CT molecular complexity index is 172. The van der Waals surface area contributed by atoms with E-state index in [0.29, 0.717) is 0 Å². The maximum Gasteiger partial charge on any atom is 0.0974 e. The van der Waals surface area contributed by atoms with Gasteiger partial charge in [0.15, 0.2) is 0 Å². The standard InChI is InChI=1S/C17H37NO2/c1-2-3-4-5-6-7-8-9-10-11-12-13-14-15-18(16-19)17-20/h19-20H,2-17H2,1H3. The van der Waals surface area contributed by atoms with Gasteiger partial charge in [-0.3, -0.25) is 4.90 Å². The molecule has 0 unspecified atom stereocenters. The molecule has 3 nitrogen and oxygen atoms in total. The van der Waals surface area contributed by atoms with Crippen LogP contribution in [0.5, 0.6) is 0 Å². The van der Waals surface area contributed by atoms with E-state index in [1.807, 2.05) is 0 Å². The summed E-state index contributed by atoms with van der Waals surface area (Å²) in [6.45, 7) is 3.01. The van der Waals surface area contributed by atoms with Gasteiger partial charge in [0.1, 0.15) is 0 Å². The zero-order chi connectivity index (χ0) is 14.9. The first kappa shape index (κ1) is 19.9. The van der Waals surface area contributed by atoms with E-state index in [0.717, 1.165) is 13.0 Å². The second kappa shape index (κ2) is 16.9. The van der Waals surface area contributed by atoms with Gasteiger partial charge in [0.25, 0.3) is 0 Å². The van der Waals surface area contributed by atoms with Gasteiger partial charge < -0.3 is 10.2 Å². The van der Waals surface area contributed by atoms with Crippen molar-refractivity contribution in [3.63, 3.8) is 0 Å². The lowest BCUT2D eigenvalue weighted by molar-refractivity contribution is 0.0284. The van der Waals surface area contributed by atoms with Gasteiger partial charge in [0.05, 0.1) is 13.5 Å². The molecule has 0 bridgehead atoms. The summed E-state index contributed by atoms with van der Waals surface area (Å²) in [4.78, 5) is 1.65. The Morgan fingerprint density at radius 3 is 1.25 bits per heavy atom. The summed E-state index contributed by atoms with van der Waals surface area (Å²) >= 11 is 0. The molecule has 0 saturated heterocycles. The van der Waals surface area contributed by atoms with E-state index < -0.39 is 0 Å². The van der Waals surface area contributed by atoms with E-state index in [1.54, 1.807) is 4.90 Å². The summed E-state index contributed by atoms with van der Waals surface area (Å²) in [6, 6.07) is 0. The molecule has 0 heterocycles. The van der Waals surface area contributed by atoms with Gasteiger partial charge in [-0.15, -0.1) is 0 Å². The second-order valence-corrected chi connectivity index (χ2v) is 5.92. The van der Waals surface area contributed by atoms with Crippen LogP contribution in [-0.2, 0) is 0 Å². The van der Waals surface area contributed by atoms with Crippen LogP contribution in [0.1, 0.15) is 90.4 Å². The highest BCUT2D eigenvalue weighted by Crippen LogP contribution is 2.12. The minimum atomic E-state index is -0.0330. The molecule has 0 aliphatic heterocycles. The fourth-order valence-electron chi connectivity index (χ4n) is 2.54. The number of unbranched alkanes of at least 4 members (excludes halogenated alkanes) is 12. The van der Waals surface area contributed by atoms with Gasteiger partial charge in [-0.2, -0.15) is 0 Å². The summed E-state index contributed by atoms with van der Waals surface area (Å²) in [7, 11) is 0. The van der Waals surface area contributed by atoms with Crippen LogP contribution in [0.25, 0.3) is 0 Å². The lowest BCUT2D eigenvalue weighted by atomic mass is 10.0. The molecule has 0 fully saturated rings. The van der Waals surface area contributed by atoms with Gasteiger partial charge >= 0.3 is 0 Å². The van der Waals surface area contributed by atoms with Crippen LogP contribution in [0.2, 0.25) is 0 Å². The van der Waals surface area contributed by atoms with Crippen molar-refractivity contribution in [3.05, 3.63) is 0 Å². The molecule has 2 N–H and O–H groups in total. The zero-order valence-corrected chi connectivity index (χ0v) is 13.7. The van der Waals surface area contributed by atoms with Crippen molar-refractivity contribution in [2.45, 2.75) is 90.4 Å². The molecule has 3 heteroatoms.